The Labute approximate surface area is 100 Å². The van der Waals surface area contributed by atoms with E-state index in [1.807, 2.05) is 6.92 Å². The summed E-state index contributed by atoms with van der Waals surface area (Å²) in [4.78, 5) is 15.6. The lowest BCUT2D eigenvalue weighted by molar-refractivity contribution is 0.0943. The molecule has 1 rings (SSSR count). The number of hydrogen-bond donors (Lipinski definition) is 2. The van der Waals surface area contributed by atoms with Gasteiger partial charge in [-0.25, -0.2) is 4.98 Å². The van der Waals surface area contributed by atoms with E-state index in [1.54, 1.807) is 23.9 Å². The molecule has 0 aliphatic heterocycles. The number of nitrogens with two attached hydrogens (primary N) is 1. The molecule has 0 radical (unpaired) electrons. The van der Waals surface area contributed by atoms with Gasteiger partial charge in [0.15, 0.2) is 0 Å². The molecular formula is C11H17N3OS. The summed E-state index contributed by atoms with van der Waals surface area (Å²) in [6.45, 7) is 4.09. The Hall–Kier alpha value is -1.23. The first-order valence-corrected chi connectivity index (χ1v) is 6.39. The summed E-state index contributed by atoms with van der Waals surface area (Å²) in [6, 6.07) is 3.47. The van der Waals surface area contributed by atoms with Crippen molar-refractivity contribution in [3.63, 3.8) is 0 Å². The van der Waals surface area contributed by atoms with Crippen LogP contribution in [0.5, 0.6) is 0 Å². The molecule has 1 atom stereocenters. The molecule has 4 nitrogen and oxygen atoms in total. The molecular weight excluding hydrogens is 222 g/mol. The topological polar surface area (TPSA) is 68.0 Å². The van der Waals surface area contributed by atoms with Gasteiger partial charge in [-0.3, -0.25) is 4.79 Å². The summed E-state index contributed by atoms with van der Waals surface area (Å²) < 4.78 is 0. The van der Waals surface area contributed by atoms with Crippen LogP contribution in [0.3, 0.4) is 0 Å². The van der Waals surface area contributed by atoms with Gasteiger partial charge in [0.2, 0.25) is 0 Å². The molecule has 0 bridgehead atoms. The molecule has 0 aliphatic carbocycles. The Balaban J connectivity index is 2.48. The first-order chi connectivity index (χ1) is 7.63. The van der Waals surface area contributed by atoms with Crippen molar-refractivity contribution in [1.82, 2.24) is 10.3 Å². The molecule has 0 saturated heterocycles. The van der Waals surface area contributed by atoms with Gasteiger partial charge in [-0.2, -0.15) is 11.8 Å². The zero-order valence-corrected chi connectivity index (χ0v) is 10.4. The molecule has 0 fully saturated rings. The van der Waals surface area contributed by atoms with E-state index in [-0.39, 0.29) is 11.9 Å². The number of rotatable bonds is 5. The zero-order valence-electron chi connectivity index (χ0n) is 9.56. The molecule has 1 heterocycles. The molecule has 1 aromatic rings. The number of hydrogen-bond acceptors (Lipinski definition) is 4. The van der Waals surface area contributed by atoms with Crippen molar-refractivity contribution in [2.24, 2.45) is 0 Å². The van der Waals surface area contributed by atoms with Gasteiger partial charge in [0.05, 0.1) is 5.56 Å². The first kappa shape index (κ1) is 12.8. The maximum absolute atomic E-state index is 11.7. The normalized spacial score (nSPS) is 12.1. The van der Waals surface area contributed by atoms with E-state index in [9.17, 15) is 4.79 Å². The number of nitrogens with one attached hydrogen (secondary N) is 1. The summed E-state index contributed by atoms with van der Waals surface area (Å²) in [6.07, 6.45) is 1.49. The number of nitrogens with zero attached hydrogens (tertiary/aromatic N) is 1. The van der Waals surface area contributed by atoms with Crippen LogP contribution in [0.15, 0.2) is 18.3 Å². The number of anilines is 1. The van der Waals surface area contributed by atoms with Crippen LogP contribution in [0.4, 0.5) is 5.82 Å². The maximum Gasteiger partial charge on any atom is 0.253 e. The maximum atomic E-state index is 11.7. The average molecular weight is 239 g/mol. The fraction of sp³-hybridized carbons (Fsp3) is 0.455. The number of amides is 1. The Kier molecular flexibility index (Phi) is 5.11. The number of carbonyl (C=O) groups excluding carboxylic acids is 1. The standard InChI is InChI=1S/C11H17N3OS/c1-3-16-7-8(2)14-11(15)9-4-5-10(12)13-6-9/h4-6,8H,3,7H2,1-2H3,(H2,12,13)(H,14,15). The minimum absolute atomic E-state index is 0.100. The molecule has 0 aliphatic rings. The van der Waals surface area contributed by atoms with E-state index < -0.39 is 0 Å². The van der Waals surface area contributed by atoms with Crippen molar-refractivity contribution >= 4 is 23.5 Å². The summed E-state index contributed by atoms with van der Waals surface area (Å²) in [7, 11) is 0. The van der Waals surface area contributed by atoms with E-state index in [2.05, 4.69) is 17.2 Å². The number of pyridine rings is 1. The molecule has 1 aromatic heterocycles. The van der Waals surface area contributed by atoms with Crippen LogP contribution >= 0.6 is 11.8 Å². The SMILES string of the molecule is CCSCC(C)NC(=O)c1ccc(N)nc1. The third kappa shape index (κ3) is 4.10. The van der Waals surface area contributed by atoms with Crippen LogP contribution in [0.1, 0.15) is 24.2 Å². The first-order valence-electron chi connectivity index (χ1n) is 5.23. The third-order valence-corrected chi connectivity index (χ3v) is 3.14. The Morgan fingerprint density at radius 1 is 1.62 bits per heavy atom. The lowest BCUT2D eigenvalue weighted by Gasteiger charge is -2.12. The molecule has 1 amide bonds. The fourth-order valence-electron chi connectivity index (χ4n) is 1.18. The number of carbonyl (C=O) groups is 1. The number of aromatic nitrogens is 1. The molecule has 0 spiro atoms. The highest BCUT2D eigenvalue weighted by atomic mass is 32.2. The molecule has 5 heteroatoms. The van der Waals surface area contributed by atoms with Crippen LogP contribution in [0, 0.1) is 0 Å². The van der Waals surface area contributed by atoms with Gasteiger partial charge in [-0.15, -0.1) is 0 Å². The zero-order chi connectivity index (χ0) is 12.0. The average Bonchev–Trinajstić information content (AvgIpc) is 2.27. The van der Waals surface area contributed by atoms with E-state index >= 15 is 0 Å². The van der Waals surface area contributed by atoms with Crippen LogP contribution < -0.4 is 11.1 Å². The number of thioether (sulfide) groups is 1. The summed E-state index contributed by atoms with van der Waals surface area (Å²) in [5.41, 5.74) is 5.99. The van der Waals surface area contributed by atoms with Gasteiger partial charge in [0.25, 0.3) is 5.91 Å². The fourth-order valence-corrected chi connectivity index (χ4v) is 1.86. The van der Waals surface area contributed by atoms with E-state index in [1.165, 1.54) is 6.20 Å². The largest absolute Gasteiger partial charge is 0.384 e. The van der Waals surface area contributed by atoms with E-state index in [4.69, 9.17) is 5.73 Å². The number of nitrogen functional groups attached to an aromatic ring is 1. The lowest BCUT2D eigenvalue weighted by Crippen LogP contribution is -2.34. The van der Waals surface area contributed by atoms with Crippen molar-refractivity contribution in [3.05, 3.63) is 23.9 Å². The lowest BCUT2D eigenvalue weighted by atomic mass is 10.2. The minimum atomic E-state index is -0.100. The highest BCUT2D eigenvalue weighted by Gasteiger charge is 2.09. The van der Waals surface area contributed by atoms with Crippen molar-refractivity contribution in [1.29, 1.82) is 0 Å². The highest BCUT2D eigenvalue weighted by Crippen LogP contribution is 2.04. The van der Waals surface area contributed by atoms with Gasteiger partial charge in [0.1, 0.15) is 5.82 Å². The van der Waals surface area contributed by atoms with Crippen molar-refractivity contribution in [2.75, 3.05) is 17.2 Å². The predicted octanol–water partition coefficient (Wildman–Crippen LogP) is 1.54. The second-order valence-corrected chi connectivity index (χ2v) is 4.82. The highest BCUT2D eigenvalue weighted by molar-refractivity contribution is 7.99. The molecule has 0 aromatic carbocycles. The second-order valence-electron chi connectivity index (χ2n) is 3.51. The molecule has 1 unspecified atom stereocenters. The van der Waals surface area contributed by atoms with Crippen LogP contribution in [-0.4, -0.2) is 28.4 Å². The summed E-state index contributed by atoms with van der Waals surface area (Å²) in [5, 5.41) is 2.91. The van der Waals surface area contributed by atoms with E-state index in [0.29, 0.717) is 11.4 Å². The minimum Gasteiger partial charge on any atom is -0.384 e. The van der Waals surface area contributed by atoms with Gasteiger partial charge >= 0.3 is 0 Å². The summed E-state index contributed by atoms with van der Waals surface area (Å²) >= 11 is 1.81. The molecule has 88 valence electrons. The second kappa shape index (κ2) is 6.37. The molecule has 16 heavy (non-hydrogen) atoms. The van der Waals surface area contributed by atoms with Crippen LogP contribution in [0.25, 0.3) is 0 Å². The van der Waals surface area contributed by atoms with Gasteiger partial charge in [0, 0.05) is 18.0 Å². The Bertz CT molecular complexity index is 340. The van der Waals surface area contributed by atoms with Crippen molar-refractivity contribution in [3.8, 4) is 0 Å². The molecule has 0 saturated carbocycles. The van der Waals surface area contributed by atoms with Gasteiger partial charge in [-0.1, -0.05) is 6.92 Å². The van der Waals surface area contributed by atoms with Crippen LogP contribution in [0.2, 0.25) is 0 Å². The Morgan fingerprint density at radius 3 is 2.94 bits per heavy atom. The monoisotopic (exact) mass is 239 g/mol. The summed E-state index contributed by atoms with van der Waals surface area (Å²) in [5.74, 6) is 2.30. The molecule has 3 N–H and O–H groups in total. The Morgan fingerprint density at radius 2 is 2.38 bits per heavy atom. The van der Waals surface area contributed by atoms with Gasteiger partial charge < -0.3 is 11.1 Å². The third-order valence-electron chi connectivity index (χ3n) is 2.00. The quantitative estimate of drug-likeness (QED) is 0.817. The predicted molar refractivity (Wildman–Crippen MR) is 68.6 cm³/mol. The smallest absolute Gasteiger partial charge is 0.253 e. The van der Waals surface area contributed by atoms with Crippen LogP contribution in [-0.2, 0) is 0 Å². The van der Waals surface area contributed by atoms with Crippen molar-refractivity contribution in [2.45, 2.75) is 19.9 Å². The van der Waals surface area contributed by atoms with Crippen molar-refractivity contribution < 1.29 is 4.79 Å². The van der Waals surface area contributed by atoms with E-state index in [0.717, 1.165) is 11.5 Å². The van der Waals surface area contributed by atoms with Gasteiger partial charge in [-0.05, 0) is 24.8 Å².